The second-order valence-electron chi connectivity index (χ2n) is 3.42. The molecule has 106 valence electrons. The van der Waals surface area contributed by atoms with Crippen molar-refractivity contribution >= 4 is 49.2 Å². The van der Waals surface area contributed by atoms with Crippen molar-refractivity contribution in [1.29, 1.82) is 0 Å². The molecule has 0 amide bonds. The van der Waals surface area contributed by atoms with E-state index in [0.29, 0.717) is 0 Å². The van der Waals surface area contributed by atoms with Gasteiger partial charge in [-0.05, 0) is 28.9 Å². The van der Waals surface area contributed by atoms with E-state index < -0.39 is 28.0 Å². The highest BCUT2D eigenvalue weighted by Gasteiger charge is 2.27. The molecule has 0 aliphatic carbocycles. The quantitative estimate of drug-likeness (QED) is 0.748. The Balaban J connectivity index is 3.12. The number of carboxylic acids is 1. The Kier molecular flexibility index (Phi) is 5.07. The third-order valence-electron chi connectivity index (χ3n) is 2.03. The zero-order valence-corrected chi connectivity index (χ0v) is 13.1. The summed E-state index contributed by atoms with van der Waals surface area (Å²) >= 11 is 3.91. The predicted octanol–water partition coefficient (Wildman–Crippen LogP) is 1.05. The molecule has 7 nitrogen and oxygen atoms in total. The van der Waals surface area contributed by atoms with Crippen molar-refractivity contribution in [3.05, 3.63) is 14.7 Å². The number of nitrogens with one attached hydrogen (secondary N) is 1. The standard InChI is InChI=1S/C9H10BrNO6S2/c1-4(8(12)13)11-19(15,16)6-3-5(9(14)17-2)18-7(6)10/h3-4,11H,1-2H3,(H,12,13). The Bertz CT molecular complexity index is 608. The predicted molar refractivity (Wildman–Crippen MR) is 70.8 cm³/mol. The minimum atomic E-state index is -4.03. The van der Waals surface area contributed by atoms with Gasteiger partial charge in [0, 0.05) is 0 Å². The van der Waals surface area contributed by atoms with Crippen LogP contribution in [0.2, 0.25) is 0 Å². The smallest absolute Gasteiger partial charge is 0.348 e. The van der Waals surface area contributed by atoms with Crippen molar-refractivity contribution in [2.24, 2.45) is 0 Å². The van der Waals surface area contributed by atoms with Crippen LogP contribution in [0.25, 0.3) is 0 Å². The second-order valence-corrected chi connectivity index (χ2v) is 7.47. The average Bonchev–Trinajstić information content (AvgIpc) is 2.70. The van der Waals surface area contributed by atoms with Crippen LogP contribution in [0, 0.1) is 0 Å². The molecule has 10 heteroatoms. The second kappa shape index (κ2) is 5.99. The fraction of sp³-hybridized carbons (Fsp3) is 0.333. The first-order valence-corrected chi connectivity index (χ1v) is 7.91. The van der Waals surface area contributed by atoms with E-state index in [2.05, 4.69) is 20.7 Å². The minimum Gasteiger partial charge on any atom is -0.480 e. The number of halogens is 1. The van der Waals surface area contributed by atoms with Gasteiger partial charge < -0.3 is 9.84 Å². The minimum absolute atomic E-state index is 0.0951. The molecule has 0 radical (unpaired) electrons. The molecule has 0 aromatic carbocycles. The van der Waals surface area contributed by atoms with Gasteiger partial charge in [-0.2, -0.15) is 4.72 Å². The number of hydrogen-bond acceptors (Lipinski definition) is 6. The van der Waals surface area contributed by atoms with Gasteiger partial charge in [0.05, 0.1) is 10.9 Å². The van der Waals surface area contributed by atoms with Crippen LogP contribution in [0.3, 0.4) is 0 Å². The number of ether oxygens (including phenoxy) is 1. The highest BCUT2D eigenvalue weighted by molar-refractivity contribution is 9.11. The van der Waals surface area contributed by atoms with Crippen molar-refractivity contribution in [2.45, 2.75) is 17.9 Å². The molecule has 2 N–H and O–H groups in total. The van der Waals surface area contributed by atoms with Gasteiger partial charge in [0.15, 0.2) is 0 Å². The van der Waals surface area contributed by atoms with E-state index in [1.54, 1.807) is 0 Å². The Morgan fingerprint density at radius 3 is 2.58 bits per heavy atom. The summed E-state index contributed by atoms with van der Waals surface area (Å²) in [6.45, 7) is 1.20. The molecule has 1 unspecified atom stereocenters. The van der Waals surface area contributed by atoms with E-state index in [0.717, 1.165) is 17.4 Å². The number of methoxy groups -OCH3 is 1. The first-order chi connectivity index (χ1) is 8.69. The lowest BCUT2D eigenvalue weighted by Gasteiger charge is -2.09. The maximum atomic E-state index is 11.9. The summed E-state index contributed by atoms with van der Waals surface area (Å²) in [5.74, 6) is -1.97. The molecule has 0 fully saturated rings. The number of rotatable bonds is 5. The fourth-order valence-electron chi connectivity index (χ4n) is 1.08. The molecule has 0 bridgehead atoms. The number of sulfonamides is 1. The summed E-state index contributed by atoms with van der Waals surface area (Å²) in [7, 11) is -2.86. The van der Waals surface area contributed by atoms with Crippen LogP contribution in [0.15, 0.2) is 14.7 Å². The van der Waals surface area contributed by atoms with E-state index in [-0.39, 0.29) is 13.6 Å². The summed E-state index contributed by atoms with van der Waals surface area (Å²) in [5, 5.41) is 8.68. The summed E-state index contributed by atoms with van der Waals surface area (Å²) in [6.07, 6.45) is 0. The number of aliphatic carboxylic acids is 1. The maximum Gasteiger partial charge on any atom is 0.348 e. The van der Waals surface area contributed by atoms with Crippen LogP contribution in [-0.2, 0) is 19.6 Å². The van der Waals surface area contributed by atoms with Gasteiger partial charge in [-0.25, -0.2) is 13.2 Å². The van der Waals surface area contributed by atoms with Crippen molar-refractivity contribution in [2.75, 3.05) is 7.11 Å². The molecule has 0 saturated heterocycles. The average molecular weight is 372 g/mol. The summed E-state index contributed by atoms with van der Waals surface area (Å²) in [4.78, 5) is 21.8. The van der Waals surface area contributed by atoms with E-state index >= 15 is 0 Å². The van der Waals surface area contributed by atoms with Crippen molar-refractivity contribution < 1.29 is 27.9 Å². The lowest BCUT2D eigenvalue weighted by Crippen LogP contribution is -2.38. The zero-order chi connectivity index (χ0) is 14.8. The van der Waals surface area contributed by atoms with E-state index in [1.165, 1.54) is 14.0 Å². The molecule has 19 heavy (non-hydrogen) atoms. The summed E-state index contributed by atoms with van der Waals surface area (Å²) < 4.78 is 30.5. The third kappa shape index (κ3) is 3.75. The number of carbonyl (C=O) groups is 2. The van der Waals surface area contributed by atoms with Crippen molar-refractivity contribution in [3.8, 4) is 0 Å². The highest BCUT2D eigenvalue weighted by Crippen LogP contribution is 2.32. The van der Waals surface area contributed by atoms with E-state index in [4.69, 9.17) is 5.11 Å². The molecule has 0 spiro atoms. The fourth-order valence-corrected chi connectivity index (χ4v) is 4.76. The monoisotopic (exact) mass is 371 g/mol. The van der Waals surface area contributed by atoms with Gasteiger partial charge in [-0.15, -0.1) is 11.3 Å². The van der Waals surface area contributed by atoms with Crippen LogP contribution in [0.1, 0.15) is 16.6 Å². The third-order valence-corrected chi connectivity index (χ3v) is 5.81. The van der Waals surface area contributed by atoms with E-state index in [9.17, 15) is 18.0 Å². The van der Waals surface area contributed by atoms with Crippen LogP contribution < -0.4 is 4.72 Å². The Morgan fingerprint density at radius 2 is 2.11 bits per heavy atom. The highest BCUT2D eigenvalue weighted by atomic mass is 79.9. The number of hydrogen-bond donors (Lipinski definition) is 2. The molecule has 0 aliphatic rings. The summed E-state index contributed by atoms with van der Waals surface area (Å²) in [5.41, 5.74) is 0. The van der Waals surface area contributed by atoms with Crippen LogP contribution in [0.4, 0.5) is 0 Å². The Labute approximate surface area is 121 Å². The number of thiophene rings is 1. The molecule has 1 rings (SSSR count). The lowest BCUT2D eigenvalue weighted by atomic mass is 10.4. The first-order valence-electron chi connectivity index (χ1n) is 4.82. The maximum absolute atomic E-state index is 11.9. The Hall–Kier alpha value is -0.970. The normalized spacial score (nSPS) is 13.0. The largest absolute Gasteiger partial charge is 0.480 e. The molecular weight excluding hydrogens is 362 g/mol. The zero-order valence-electron chi connectivity index (χ0n) is 9.84. The molecule has 1 aromatic rings. The van der Waals surface area contributed by atoms with Gasteiger partial charge in [0.1, 0.15) is 15.8 Å². The molecular formula is C9H10BrNO6S2. The van der Waals surface area contributed by atoms with Gasteiger partial charge in [-0.1, -0.05) is 0 Å². The molecule has 0 saturated carbocycles. The van der Waals surface area contributed by atoms with Crippen molar-refractivity contribution in [1.82, 2.24) is 4.72 Å². The number of carboxylic acid groups (broad SMARTS) is 1. The topological polar surface area (TPSA) is 110 Å². The van der Waals surface area contributed by atoms with Crippen LogP contribution in [0.5, 0.6) is 0 Å². The molecule has 1 heterocycles. The van der Waals surface area contributed by atoms with Crippen LogP contribution >= 0.6 is 27.3 Å². The van der Waals surface area contributed by atoms with Crippen molar-refractivity contribution in [3.63, 3.8) is 0 Å². The molecule has 0 aliphatic heterocycles. The molecule has 1 atom stereocenters. The van der Waals surface area contributed by atoms with Gasteiger partial charge in [0.2, 0.25) is 10.0 Å². The SMILES string of the molecule is COC(=O)c1cc(S(=O)(=O)NC(C)C(=O)O)c(Br)s1. The van der Waals surface area contributed by atoms with E-state index in [1.807, 2.05) is 4.72 Å². The van der Waals surface area contributed by atoms with Crippen LogP contribution in [-0.4, -0.2) is 38.6 Å². The van der Waals surface area contributed by atoms with Gasteiger partial charge >= 0.3 is 11.9 Å². The lowest BCUT2D eigenvalue weighted by molar-refractivity contribution is -0.138. The van der Waals surface area contributed by atoms with Gasteiger partial charge in [0.25, 0.3) is 0 Å². The first kappa shape index (κ1) is 16.1. The Morgan fingerprint density at radius 1 is 1.53 bits per heavy atom. The number of carbonyl (C=O) groups excluding carboxylic acids is 1. The molecule has 1 aromatic heterocycles. The number of esters is 1. The summed E-state index contributed by atoms with van der Waals surface area (Å²) in [6, 6.07) is -0.157. The van der Waals surface area contributed by atoms with Gasteiger partial charge in [-0.3, -0.25) is 4.79 Å².